The third-order valence-corrected chi connectivity index (χ3v) is 2.53. The Balaban J connectivity index is 2.37. The summed E-state index contributed by atoms with van der Waals surface area (Å²) < 4.78 is 2.22. The monoisotopic (exact) mass is 182 g/mol. The van der Waals surface area contributed by atoms with Gasteiger partial charge in [0.05, 0.1) is 11.9 Å². The molecule has 0 unspecified atom stereocenters. The first-order chi connectivity index (χ1) is 6.95. The highest BCUT2D eigenvalue weighted by Gasteiger charge is 2.06. The Bertz CT molecular complexity index is 532. The van der Waals surface area contributed by atoms with E-state index in [9.17, 15) is 0 Å². The molecule has 0 saturated heterocycles. The second-order valence-corrected chi connectivity index (χ2v) is 3.42. The van der Waals surface area contributed by atoms with E-state index in [1.807, 2.05) is 12.4 Å². The quantitative estimate of drug-likeness (QED) is 0.596. The van der Waals surface area contributed by atoms with Crippen LogP contribution < -0.4 is 0 Å². The molecule has 0 saturated carbocycles. The lowest BCUT2D eigenvalue weighted by atomic mass is 10.2. The predicted molar refractivity (Wildman–Crippen MR) is 58.7 cm³/mol. The lowest BCUT2D eigenvalue weighted by Gasteiger charge is -1.98. The highest BCUT2D eigenvalue weighted by atomic mass is 15.0. The van der Waals surface area contributed by atoms with E-state index in [0.29, 0.717) is 0 Å². The molecule has 0 fully saturated rings. The van der Waals surface area contributed by atoms with Crippen molar-refractivity contribution in [2.24, 2.45) is 4.99 Å². The molecule has 2 heterocycles. The first-order valence-electron chi connectivity index (χ1n) is 4.71. The summed E-state index contributed by atoms with van der Waals surface area (Å²) in [5.41, 5.74) is 1.20. The van der Waals surface area contributed by atoms with Gasteiger partial charge in [0, 0.05) is 29.7 Å². The van der Waals surface area contributed by atoms with E-state index in [4.69, 9.17) is 0 Å². The van der Waals surface area contributed by atoms with Crippen LogP contribution in [0, 0.1) is 0 Å². The highest BCUT2D eigenvalue weighted by molar-refractivity contribution is 5.99. The normalized spacial score (nSPS) is 14.3. The number of fused-ring (bicyclic) bond motifs is 3. The summed E-state index contributed by atoms with van der Waals surface area (Å²) in [5.74, 6) is 0. The molecular formula is C12H10N2. The van der Waals surface area contributed by atoms with Crippen molar-refractivity contribution in [1.82, 2.24) is 4.57 Å². The minimum absolute atomic E-state index is 0.907. The molecule has 1 aromatic carbocycles. The minimum atomic E-state index is 0.907. The predicted octanol–water partition coefficient (Wildman–Crippen LogP) is 2.59. The van der Waals surface area contributed by atoms with Crippen LogP contribution in [0.3, 0.4) is 0 Å². The van der Waals surface area contributed by atoms with Crippen LogP contribution in [0.2, 0.25) is 0 Å². The van der Waals surface area contributed by atoms with Crippen LogP contribution in [-0.4, -0.2) is 10.8 Å². The fourth-order valence-corrected chi connectivity index (χ4v) is 1.86. The Morgan fingerprint density at radius 2 is 2.14 bits per heavy atom. The number of aliphatic imine (C=N–C) groups is 1. The lowest BCUT2D eigenvalue weighted by Crippen LogP contribution is -1.96. The first-order valence-corrected chi connectivity index (χ1v) is 4.71. The topological polar surface area (TPSA) is 17.3 Å². The number of hydrogen-bond acceptors (Lipinski definition) is 1. The van der Waals surface area contributed by atoms with Crippen molar-refractivity contribution in [2.45, 2.75) is 6.54 Å². The van der Waals surface area contributed by atoms with Crippen LogP contribution in [-0.2, 0) is 6.54 Å². The third kappa shape index (κ3) is 1.01. The molecule has 0 N–H and O–H groups in total. The van der Waals surface area contributed by atoms with E-state index in [0.717, 1.165) is 6.54 Å². The molecule has 1 aliphatic rings. The van der Waals surface area contributed by atoms with Gasteiger partial charge >= 0.3 is 0 Å². The molecule has 68 valence electrons. The number of allylic oxidation sites excluding steroid dienone is 1. The zero-order chi connectivity index (χ0) is 9.38. The molecule has 1 aromatic heterocycles. The summed E-state index contributed by atoms with van der Waals surface area (Å²) in [6.45, 7) is 0.907. The number of rotatable bonds is 0. The van der Waals surface area contributed by atoms with E-state index < -0.39 is 0 Å². The van der Waals surface area contributed by atoms with Crippen molar-refractivity contribution < 1.29 is 0 Å². The van der Waals surface area contributed by atoms with Gasteiger partial charge in [-0.15, -0.1) is 0 Å². The molecule has 0 atom stereocenters. The molecule has 2 heteroatoms. The standard InChI is InChI=1S/C12H10N2/c1-2-5-11-10(4-1)9-14-7-3-6-13-8-12(11)14/h1-6,8-9H,7H2. The number of aromatic nitrogens is 1. The van der Waals surface area contributed by atoms with Crippen LogP contribution in [0.4, 0.5) is 0 Å². The maximum absolute atomic E-state index is 4.21. The number of nitrogens with zero attached hydrogens (tertiary/aromatic N) is 2. The molecule has 0 amide bonds. The molecule has 0 radical (unpaired) electrons. The molecule has 3 rings (SSSR count). The van der Waals surface area contributed by atoms with Gasteiger partial charge in [-0.05, 0) is 6.08 Å². The van der Waals surface area contributed by atoms with Gasteiger partial charge in [-0.1, -0.05) is 24.3 Å². The van der Waals surface area contributed by atoms with E-state index in [1.54, 1.807) is 0 Å². The summed E-state index contributed by atoms with van der Waals surface area (Å²) in [7, 11) is 0. The smallest absolute Gasteiger partial charge is 0.0675 e. The maximum Gasteiger partial charge on any atom is 0.0675 e. The fraction of sp³-hybridized carbons (Fsp3) is 0.0833. The summed E-state index contributed by atoms with van der Waals surface area (Å²) >= 11 is 0. The van der Waals surface area contributed by atoms with Crippen LogP contribution in [0.5, 0.6) is 0 Å². The van der Waals surface area contributed by atoms with Crippen LogP contribution in [0.1, 0.15) is 5.69 Å². The SMILES string of the molecule is C1=CN=Cc2c3ccccc3cn2C1. The Labute approximate surface area is 82.2 Å². The Hall–Kier alpha value is -1.83. The minimum Gasteiger partial charge on any atom is -0.342 e. The summed E-state index contributed by atoms with van der Waals surface area (Å²) in [6.07, 6.45) is 8.01. The van der Waals surface area contributed by atoms with Crippen LogP contribution >= 0.6 is 0 Å². The summed E-state index contributed by atoms with van der Waals surface area (Å²) in [4.78, 5) is 4.21. The number of hydrogen-bond donors (Lipinski definition) is 0. The lowest BCUT2D eigenvalue weighted by molar-refractivity contribution is 0.831. The van der Waals surface area contributed by atoms with E-state index in [-0.39, 0.29) is 0 Å². The zero-order valence-corrected chi connectivity index (χ0v) is 7.72. The maximum atomic E-state index is 4.21. The van der Waals surface area contributed by atoms with Gasteiger partial charge in [0.1, 0.15) is 0 Å². The molecular weight excluding hydrogens is 172 g/mol. The molecule has 0 bridgehead atoms. The zero-order valence-electron chi connectivity index (χ0n) is 7.72. The Morgan fingerprint density at radius 3 is 3.14 bits per heavy atom. The van der Waals surface area contributed by atoms with Gasteiger partial charge in [0.25, 0.3) is 0 Å². The van der Waals surface area contributed by atoms with Gasteiger partial charge in [0.15, 0.2) is 0 Å². The van der Waals surface area contributed by atoms with Crippen molar-refractivity contribution in [3.63, 3.8) is 0 Å². The summed E-state index contributed by atoms with van der Waals surface area (Å²) in [6, 6.07) is 8.40. The van der Waals surface area contributed by atoms with Crippen molar-refractivity contribution in [3.05, 3.63) is 48.4 Å². The van der Waals surface area contributed by atoms with Crippen molar-refractivity contribution in [1.29, 1.82) is 0 Å². The van der Waals surface area contributed by atoms with Crippen molar-refractivity contribution in [3.8, 4) is 0 Å². The highest BCUT2D eigenvalue weighted by Crippen LogP contribution is 2.20. The summed E-state index contributed by atoms with van der Waals surface area (Å²) in [5, 5.41) is 2.56. The second kappa shape index (κ2) is 2.84. The van der Waals surface area contributed by atoms with Gasteiger partial charge in [-0.2, -0.15) is 0 Å². The molecule has 2 nitrogen and oxygen atoms in total. The molecule has 1 aliphatic heterocycles. The third-order valence-electron chi connectivity index (χ3n) is 2.53. The average molecular weight is 182 g/mol. The molecule has 0 spiro atoms. The largest absolute Gasteiger partial charge is 0.342 e. The molecule has 2 aromatic rings. The Morgan fingerprint density at radius 1 is 1.21 bits per heavy atom. The Kier molecular flexibility index (Phi) is 1.53. The van der Waals surface area contributed by atoms with E-state index >= 15 is 0 Å². The van der Waals surface area contributed by atoms with Gasteiger partial charge in [-0.25, -0.2) is 0 Å². The number of benzene rings is 1. The van der Waals surface area contributed by atoms with Gasteiger partial charge < -0.3 is 4.57 Å². The fourth-order valence-electron chi connectivity index (χ4n) is 1.86. The molecule has 14 heavy (non-hydrogen) atoms. The van der Waals surface area contributed by atoms with E-state index in [2.05, 4.69) is 46.1 Å². The van der Waals surface area contributed by atoms with Crippen LogP contribution in [0.15, 0.2) is 47.7 Å². The van der Waals surface area contributed by atoms with Crippen molar-refractivity contribution >= 4 is 17.0 Å². The van der Waals surface area contributed by atoms with E-state index in [1.165, 1.54) is 16.5 Å². The first kappa shape index (κ1) is 7.56. The van der Waals surface area contributed by atoms with Crippen molar-refractivity contribution in [2.75, 3.05) is 0 Å². The average Bonchev–Trinajstić information content (AvgIpc) is 2.42. The van der Waals surface area contributed by atoms with Gasteiger partial charge in [-0.3, -0.25) is 4.99 Å². The molecule has 0 aliphatic carbocycles. The van der Waals surface area contributed by atoms with Gasteiger partial charge in [0.2, 0.25) is 0 Å². The second-order valence-electron chi connectivity index (χ2n) is 3.42. The van der Waals surface area contributed by atoms with Crippen LogP contribution in [0.25, 0.3) is 10.8 Å².